The third-order valence-electron chi connectivity index (χ3n) is 5.24. The Morgan fingerprint density at radius 1 is 1.00 bits per heavy atom. The number of rotatable bonds is 5. The van der Waals surface area contributed by atoms with E-state index >= 15 is 0 Å². The fraction of sp³-hybridized carbons (Fsp3) is 0.350. The summed E-state index contributed by atoms with van der Waals surface area (Å²) in [5.41, 5.74) is 2.96. The second-order valence-electron chi connectivity index (χ2n) is 6.90. The number of hydrogen-bond donors (Lipinski definition) is 2. The number of aliphatic carboxylic acids is 1. The SMILES string of the molecule is O=C(O)[C@@H]1[C@@H](C(=O)Nc2ccc(Cc3ccncc3)cc2)[C@H]2CC[C@H]1O2. The van der Waals surface area contributed by atoms with E-state index in [0.29, 0.717) is 5.69 Å². The summed E-state index contributed by atoms with van der Waals surface area (Å²) in [5, 5.41) is 12.3. The topological polar surface area (TPSA) is 88.5 Å². The van der Waals surface area contributed by atoms with Gasteiger partial charge in [0.05, 0.1) is 24.0 Å². The summed E-state index contributed by atoms with van der Waals surface area (Å²) in [4.78, 5) is 28.2. The van der Waals surface area contributed by atoms with Crippen LogP contribution in [-0.2, 0) is 20.7 Å². The lowest BCUT2D eigenvalue weighted by Crippen LogP contribution is -2.40. The molecule has 2 bridgehead atoms. The van der Waals surface area contributed by atoms with Crippen molar-refractivity contribution in [3.05, 3.63) is 59.9 Å². The van der Waals surface area contributed by atoms with E-state index in [4.69, 9.17) is 4.74 Å². The second kappa shape index (κ2) is 6.88. The van der Waals surface area contributed by atoms with Crippen molar-refractivity contribution < 1.29 is 19.4 Å². The van der Waals surface area contributed by atoms with Crippen LogP contribution in [0.4, 0.5) is 5.69 Å². The molecule has 26 heavy (non-hydrogen) atoms. The average Bonchev–Trinajstić information content (AvgIpc) is 3.25. The fourth-order valence-corrected chi connectivity index (χ4v) is 3.99. The molecule has 6 heteroatoms. The molecule has 1 aromatic heterocycles. The summed E-state index contributed by atoms with van der Waals surface area (Å²) in [6.07, 6.45) is 5.16. The Balaban J connectivity index is 1.42. The highest BCUT2D eigenvalue weighted by atomic mass is 16.5. The summed E-state index contributed by atoms with van der Waals surface area (Å²) >= 11 is 0. The minimum atomic E-state index is -0.954. The van der Waals surface area contributed by atoms with Crippen molar-refractivity contribution in [3.8, 4) is 0 Å². The van der Waals surface area contributed by atoms with Crippen LogP contribution in [-0.4, -0.2) is 34.2 Å². The van der Waals surface area contributed by atoms with Gasteiger partial charge in [-0.25, -0.2) is 0 Å². The largest absolute Gasteiger partial charge is 0.481 e. The molecule has 134 valence electrons. The van der Waals surface area contributed by atoms with Gasteiger partial charge in [-0.3, -0.25) is 14.6 Å². The van der Waals surface area contributed by atoms with Crippen molar-refractivity contribution in [3.63, 3.8) is 0 Å². The van der Waals surface area contributed by atoms with Gasteiger partial charge in [-0.1, -0.05) is 12.1 Å². The Kier molecular flexibility index (Phi) is 4.42. The van der Waals surface area contributed by atoms with Crippen molar-refractivity contribution in [1.82, 2.24) is 4.98 Å². The van der Waals surface area contributed by atoms with E-state index in [1.807, 2.05) is 36.4 Å². The molecular weight excluding hydrogens is 332 g/mol. The number of anilines is 1. The number of nitrogens with zero attached hydrogens (tertiary/aromatic N) is 1. The molecule has 4 rings (SSSR count). The number of nitrogens with one attached hydrogen (secondary N) is 1. The third-order valence-corrected chi connectivity index (χ3v) is 5.24. The monoisotopic (exact) mass is 352 g/mol. The van der Waals surface area contributed by atoms with E-state index in [2.05, 4.69) is 10.3 Å². The lowest BCUT2D eigenvalue weighted by atomic mass is 9.78. The van der Waals surface area contributed by atoms with Gasteiger partial charge in [-0.15, -0.1) is 0 Å². The van der Waals surface area contributed by atoms with E-state index < -0.39 is 17.8 Å². The zero-order valence-corrected chi connectivity index (χ0v) is 14.2. The molecule has 4 atom stereocenters. The van der Waals surface area contributed by atoms with Crippen LogP contribution in [0.15, 0.2) is 48.8 Å². The second-order valence-corrected chi connectivity index (χ2v) is 6.90. The highest BCUT2D eigenvalue weighted by Gasteiger charge is 2.55. The molecule has 1 amide bonds. The molecule has 2 aromatic rings. The Labute approximate surface area is 151 Å². The van der Waals surface area contributed by atoms with Crippen LogP contribution in [0, 0.1) is 11.8 Å². The maximum atomic E-state index is 12.6. The molecule has 0 saturated carbocycles. The number of carbonyl (C=O) groups excluding carboxylic acids is 1. The maximum absolute atomic E-state index is 12.6. The van der Waals surface area contributed by atoms with Crippen molar-refractivity contribution in [2.45, 2.75) is 31.5 Å². The lowest BCUT2D eigenvalue weighted by molar-refractivity contribution is -0.147. The fourth-order valence-electron chi connectivity index (χ4n) is 3.99. The number of benzene rings is 1. The van der Waals surface area contributed by atoms with Gasteiger partial charge in [0.2, 0.25) is 5.91 Å². The Morgan fingerprint density at radius 3 is 2.27 bits per heavy atom. The average molecular weight is 352 g/mol. The zero-order chi connectivity index (χ0) is 18.1. The molecule has 0 spiro atoms. The van der Waals surface area contributed by atoms with E-state index in [0.717, 1.165) is 24.8 Å². The number of pyridine rings is 1. The van der Waals surface area contributed by atoms with Gasteiger partial charge in [-0.2, -0.15) is 0 Å². The van der Waals surface area contributed by atoms with E-state index in [9.17, 15) is 14.7 Å². The molecule has 3 heterocycles. The first kappa shape index (κ1) is 16.7. The molecule has 1 aromatic carbocycles. The standard InChI is InChI=1S/C20H20N2O4/c23-19(17-15-5-6-16(26-15)18(17)20(24)25)22-14-3-1-12(2-4-14)11-13-7-9-21-10-8-13/h1-4,7-10,15-18H,5-6,11H2,(H,22,23)(H,24,25)/t15-,16-,17+,18+/m1/s1. The molecule has 6 nitrogen and oxygen atoms in total. The predicted molar refractivity (Wildman–Crippen MR) is 94.6 cm³/mol. The van der Waals surface area contributed by atoms with Crippen LogP contribution in [0.1, 0.15) is 24.0 Å². The van der Waals surface area contributed by atoms with Crippen molar-refractivity contribution in [1.29, 1.82) is 0 Å². The smallest absolute Gasteiger partial charge is 0.310 e. The summed E-state index contributed by atoms with van der Waals surface area (Å²) in [5.74, 6) is -2.60. The van der Waals surface area contributed by atoms with Crippen LogP contribution in [0.25, 0.3) is 0 Å². The molecule has 0 radical (unpaired) electrons. The van der Waals surface area contributed by atoms with Crippen LogP contribution in [0.2, 0.25) is 0 Å². The number of aromatic nitrogens is 1. The molecule has 0 unspecified atom stereocenters. The first-order chi connectivity index (χ1) is 12.6. The molecular formula is C20H20N2O4. The summed E-state index contributed by atoms with van der Waals surface area (Å²) in [6.45, 7) is 0. The predicted octanol–water partition coefficient (Wildman–Crippen LogP) is 2.49. The van der Waals surface area contributed by atoms with Gasteiger partial charge in [0.1, 0.15) is 0 Å². The van der Waals surface area contributed by atoms with Crippen LogP contribution < -0.4 is 5.32 Å². The van der Waals surface area contributed by atoms with Crippen molar-refractivity contribution in [2.24, 2.45) is 11.8 Å². The number of carbonyl (C=O) groups is 2. The zero-order valence-electron chi connectivity index (χ0n) is 14.2. The first-order valence-corrected chi connectivity index (χ1v) is 8.79. The summed E-state index contributed by atoms with van der Waals surface area (Å²) in [6, 6.07) is 11.5. The van der Waals surface area contributed by atoms with Gasteiger partial charge < -0.3 is 15.2 Å². The quantitative estimate of drug-likeness (QED) is 0.863. The number of fused-ring (bicyclic) bond motifs is 2. The summed E-state index contributed by atoms with van der Waals surface area (Å²) < 4.78 is 5.66. The number of carboxylic acids is 1. The van der Waals surface area contributed by atoms with Gasteiger partial charge >= 0.3 is 5.97 Å². The van der Waals surface area contributed by atoms with Crippen LogP contribution in [0.3, 0.4) is 0 Å². The van der Waals surface area contributed by atoms with Gasteiger partial charge in [-0.05, 0) is 54.7 Å². The van der Waals surface area contributed by atoms with E-state index in [1.54, 1.807) is 12.4 Å². The number of hydrogen-bond acceptors (Lipinski definition) is 4. The highest BCUT2D eigenvalue weighted by molar-refractivity contribution is 5.96. The molecule has 0 aliphatic carbocycles. The van der Waals surface area contributed by atoms with Crippen molar-refractivity contribution >= 4 is 17.6 Å². The minimum absolute atomic E-state index is 0.272. The molecule has 2 saturated heterocycles. The number of ether oxygens (including phenoxy) is 1. The van der Waals surface area contributed by atoms with Gasteiger partial charge in [0, 0.05) is 18.1 Å². The molecule has 2 N–H and O–H groups in total. The maximum Gasteiger partial charge on any atom is 0.310 e. The Bertz CT molecular complexity index is 806. The van der Waals surface area contributed by atoms with Gasteiger partial charge in [0.15, 0.2) is 0 Å². The minimum Gasteiger partial charge on any atom is -0.481 e. The Morgan fingerprint density at radius 2 is 1.62 bits per heavy atom. The van der Waals surface area contributed by atoms with Crippen LogP contribution >= 0.6 is 0 Å². The number of amides is 1. The first-order valence-electron chi connectivity index (χ1n) is 8.79. The van der Waals surface area contributed by atoms with Gasteiger partial charge in [0.25, 0.3) is 0 Å². The lowest BCUT2D eigenvalue weighted by Gasteiger charge is -2.23. The Hall–Kier alpha value is -2.73. The molecule has 2 aliphatic heterocycles. The normalized spacial score (nSPS) is 26.6. The van der Waals surface area contributed by atoms with Crippen molar-refractivity contribution in [2.75, 3.05) is 5.32 Å². The summed E-state index contributed by atoms with van der Waals surface area (Å²) in [7, 11) is 0. The van der Waals surface area contributed by atoms with Crippen LogP contribution in [0.5, 0.6) is 0 Å². The molecule has 2 aliphatic rings. The van der Waals surface area contributed by atoms with E-state index in [-0.39, 0.29) is 18.1 Å². The highest BCUT2D eigenvalue weighted by Crippen LogP contribution is 2.44. The molecule has 2 fully saturated rings. The third kappa shape index (κ3) is 3.20. The number of carboxylic acid groups (broad SMARTS) is 1. The van der Waals surface area contributed by atoms with E-state index in [1.165, 1.54) is 5.56 Å².